The Labute approximate surface area is 139 Å². The van der Waals surface area contributed by atoms with Crippen LogP contribution >= 0.6 is 0 Å². The number of hydrogen-bond donors (Lipinski definition) is 2. The van der Waals surface area contributed by atoms with E-state index < -0.39 is 5.97 Å². The molecule has 0 unspecified atom stereocenters. The molecule has 9 nitrogen and oxygen atoms in total. The van der Waals surface area contributed by atoms with Gasteiger partial charge in [-0.3, -0.25) is 4.79 Å². The maximum Gasteiger partial charge on any atom is 0.355 e. The number of H-pyrrole nitrogens is 1. The summed E-state index contributed by atoms with van der Waals surface area (Å²) in [5.41, 5.74) is 7.56. The summed E-state index contributed by atoms with van der Waals surface area (Å²) in [6, 6.07) is 0. The molecule has 0 bridgehead atoms. The van der Waals surface area contributed by atoms with Crippen molar-refractivity contribution >= 4 is 23.6 Å². The summed E-state index contributed by atoms with van der Waals surface area (Å²) in [6.45, 7) is 4.73. The molecule has 24 heavy (non-hydrogen) atoms. The lowest BCUT2D eigenvalue weighted by molar-refractivity contribution is 0.0455. The molecule has 0 aromatic carbocycles. The highest BCUT2D eigenvalue weighted by Crippen LogP contribution is 2.19. The number of nitrogens with one attached hydrogen (secondary N) is 1. The molecule has 128 valence electrons. The van der Waals surface area contributed by atoms with Crippen LogP contribution < -0.4 is 10.6 Å². The zero-order valence-corrected chi connectivity index (χ0v) is 14.3. The van der Waals surface area contributed by atoms with Gasteiger partial charge in [-0.05, 0) is 26.3 Å². The first-order valence-electron chi connectivity index (χ1n) is 7.25. The number of Topliss-reactive ketones (excluding diaryl/α,β-unsaturated/α-hetero) is 1. The monoisotopic (exact) mass is 332 g/mol. The predicted molar refractivity (Wildman–Crippen MR) is 88.0 cm³/mol. The molecule has 2 aromatic rings. The molecule has 0 spiro atoms. The smallest absolute Gasteiger partial charge is 0.355 e. The third-order valence-corrected chi connectivity index (χ3v) is 3.41. The molecule has 0 saturated carbocycles. The van der Waals surface area contributed by atoms with Gasteiger partial charge in [-0.1, -0.05) is 0 Å². The Morgan fingerprint density at radius 2 is 1.88 bits per heavy atom. The van der Waals surface area contributed by atoms with Crippen molar-refractivity contribution in [2.75, 3.05) is 24.7 Å². The Bertz CT molecular complexity index is 797. The molecule has 0 aliphatic carbocycles. The molecule has 0 amide bonds. The number of hydrogen-bond acceptors (Lipinski definition) is 8. The van der Waals surface area contributed by atoms with Gasteiger partial charge < -0.3 is 20.4 Å². The van der Waals surface area contributed by atoms with E-state index in [0.717, 1.165) is 0 Å². The number of aromatic amines is 1. The highest BCUT2D eigenvalue weighted by Gasteiger charge is 2.21. The van der Waals surface area contributed by atoms with Crippen molar-refractivity contribution in [2.45, 2.75) is 27.4 Å². The highest BCUT2D eigenvalue weighted by atomic mass is 16.5. The van der Waals surface area contributed by atoms with Gasteiger partial charge in [-0.15, -0.1) is 0 Å². The van der Waals surface area contributed by atoms with E-state index in [0.29, 0.717) is 22.8 Å². The van der Waals surface area contributed by atoms with E-state index in [1.54, 1.807) is 32.8 Å². The first-order valence-corrected chi connectivity index (χ1v) is 7.25. The van der Waals surface area contributed by atoms with Crippen molar-refractivity contribution < 1.29 is 14.3 Å². The van der Waals surface area contributed by atoms with Gasteiger partial charge in [0.1, 0.15) is 5.69 Å². The molecule has 0 fully saturated rings. The number of ketones is 1. The molecule has 0 radical (unpaired) electrons. The average Bonchev–Trinajstić information content (AvgIpc) is 2.79. The van der Waals surface area contributed by atoms with E-state index in [1.807, 2.05) is 0 Å². The number of carbonyl (C=O) groups excluding carboxylic acids is 2. The molecule has 2 aromatic heterocycles. The summed E-state index contributed by atoms with van der Waals surface area (Å²) in [6.07, 6.45) is 0. The standard InChI is InChI=1S/C15H20N6O3/c1-7-11(9(3)22)8(2)17-12(7)13(23)24-6-10-18-14(16)20-15(19-10)21(4)5/h17H,6H2,1-5H3,(H2,16,18,19,20). The number of nitrogens with zero attached hydrogens (tertiary/aromatic N) is 4. The second kappa shape index (κ2) is 6.65. The zero-order chi connectivity index (χ0) is 18.0. The average molecular weight is 332 g/mol. The molecule has 3 N–H and O–H groups in total. The number of esters is 1. The van der Waals surface area contributed by atoms with Crippen LogP contribution in [0.1, 0.15) is 44.9 Å². The van der Waals surface area contributed by atoms with Gasteiger partial charge in [-0.25, -0.2) is 4.79 Å². The second-order valence-corrected chi connectivity index (χ2v) is 5.56. The quantitative estimate of drug-likeness (QED) is 0.614. The number of ether oxygens (including phenoxy) is 1. The fourth-order valence-corrected chi connectivity index (χ4v) is 2.37. The minimum absolute atomic E-state index is 0.0468. The summed E-state index contributed by atoms with van der Waals surface area (Å²) < 4.78 is 5.22. The molecule has 0 aliphatic heterocycles. The third kappa shape index (κ3) is 3.50. The van der Waals surface area contributed by atoms with Crippen LogP contribution in [0.5, 0.6) is 0 Å². The molecule has 2 rings (SSSR count). The molecule has 9 heteroatoms. The van der Waals surface area contributed by atoms with Gasteiger partial charge >= 0.3 is 5.97 Å². The number of aryl methyl sites for hydroxylation is 1. The Morgan fingerprint density at radius 1 is 1.21 bits per heavy atom. The van der Waals surface area contributed by atoms with Gasteiger partial charge in [-0.2, -0.15) is 15.0 Å². The summed E-state index contributed by atoms with van der Waals surface area (Å²) >= 11 is 0. The predicted octanol–water partition coefficient (Wildman–Crippen LogP) is 1.02. The maximum atomic E-state index is 12.3. The van der Waals surface area contributed by atoms with Gasteiger partial charge in [0.2, 0.25) is 11.9 Å². The number of anilines is 2. The van der Waals surface area contributed by atoms with E-state index in [4.69, 9.17) is 10.5 Å². The van der Waals surface area contributed by atoms with Gasteiger partial charge in [0.05, 0.1) is 0 Å². The molecular weight excluding hydrogens is 312 g/mol. The van der Waals surface area contributed by atoms with Crippen LogP contribution in [-0.2, 0) is 11.3 Å². The Kier molecular flexibility index (Phi) is 4.82. The van der Waals surface area contributed by atoms with Crippen molar-refractivity contribution in [2.24, 2.45) is 0 Å². The van der Waals surface area contributed by atoms with Crippen molar-refractivity contribution in [1.29, 1.82) is 0 Å². The Morgan fingerprint density at radius 3 is 2.42 bits per heavy atom. The van der Waals surface area contributed by atoms with Crippen molar-refractivity contribution in [1.82, 2.24) is 19.9 Å². The van der Waals surface area contributed by atoms with Gasteiger partial charge in [0.15, 0.2) is 18.2 Å². The highest BCUT2D eigenvalue weighted by molar-refractivity contribution is 6.01. The topological polar surface area (TPSA) is 127 Å². The van der Waals surface area contributed by atoms with Crippen LogP contribution in [0.4, 0.5) is 11.9 Å². The fourth-order valence-electron chi connectivity index (χ4n) is 2.37. The molecule has 0 aliphatic rings. The minimum Gasteiger partial charge on any atom is -0.453 e. The van der Waals surface area contributed by atoms with E-state index in [9.17, 15) is 9.59 Å². The van der Waals surface area contributed by atoms with Gasteiger partial charge in [0, 0.05) is 25.4 Å². The van der Waals surface area contributed by atoms with Crippen LogP contribution in [0, 0.1) is 13.8 Å². The van der Waals surface area contributed by atoms with Crippen molar-refractivity contribution in [3.05, 3.63) is 28.3 Å². The fraction of sp³-hybridized carbons (Fsp3) is 0.400. The third-order valence-electron chi connectivity index (χ3n) is 3.41. The Balaban J connectivity index is 2.17. The molecular formula is C15H20N6O3. The molecule has 0 atom stereocenters. The summed E-state index contributed by atoms with van der Waals surface area (Å²) in [7, 11) is 3.53. The van der Waals surface area contributed by atoms with E-state index in [1.165, 1.54) is 6.92 Å². The van der Waals surface area contributed by atoms with Crippen LogP contribution in [0.3, 0.4) is 0 Å². The summed E-state index contributed by atoms with van der Waals surface area (Å²) in [5.74, 6) is -0.0354. The molecule has 2 heterocycles. The van der Waals surface area contributed by atoms with Crippen LogP contribution in [0.15, 0.2) is 0 Å². The minimum atomic E-state index is -0.589. The lowest BCUT2D eigenvalue weighted by atomic mass is 10.1. The van der Waals surface area contributed by atoms with Gasteiger partial charge in [0.25, 0.3) is 0 Å². The lowest BCUT2D eigenvalue weighted by Gasteiger charge is -2.11. The zero-order valence-electron chi connectivity index (χ0n) is 14.3. The number of carbonyl (C=O) groups is 2. The first-order chi connectivity index (χ1) is 11.2. The summed E-state index contributed by atoms with van der Waals surface area (Å²) in [5, 5.41) is 0. The van der Waals surface area contributed by atoms with E-state index in [2.05, 4.69) is 19.9 Å². The molecule has 0 saturated heterocycles. The van der Waals surface area contributed by atoms with Crippen LogP contribution in [0.2, 0.25) is 0 Å². The lowest BCUT2D eigenvalue weighted by Crippen LogP contribution is -2.17. The van der Waals surface area contributed by atoms with Crippen LogP contribution in [0.25, 0.3) is 0 Å². The number of aromatic nitrogens is 4. The van der Waals surface area contributed by atoms with Crippen molar-refractivity contribution in [3.8, 4) is 0 Å². The van der Waals surface area contributed by atoms with Crippen molar-refractivity contribution in [3.63, 3.8) is 0 Å². The maximum absolute atomic E-state index is 12.3. The van der Waals surface area contributed by atoms with E-state index >= 15 is 0 Å². The first kappa shape index (κ1) is 17.4. The largest absolute Gasteiger partial charge is 0.453 e. The van der Waals surface area contributed by atoms with E-state index in [-0.39, 0.29) is 29.9 Å². The van der Waals surface area contributed by atoms with Crippen LogP contribution in [-0.4, -0.2) is 45.8 Å². The normalized spacial score (nSPS) is 10.5. The Hall–Kier alpha value is -2.97. The number of nitrogens with two attached hydrogens (primary N) is 1. The SMILES string of the molecule is CC(=O)c1c(C)[nH]c(C(=O)OCc2nc(N)nc(N(C)C)n2)c1C. The number of nitrogen functional groups attached to an aromatic ring is 1. The second-order valence-electron chi connectivity index (χ2n) is 5.56. The number of rotatable bonds is 5. The summed E-state index contributed by atoms with van der Waals surface area (Å²) in [4.78, 5) is 40.5.